The van der Waals surface area contributed by atoms with Crippen LogP contribution in [0, 0.1) is 6.92 Å². The lowest BCUT2D eigenvalue weighted by molar-refractivity contribution is 0.00808. The number of aryl methyl sites for hydroxylation is 1. The van der Waals surface area contributed by atoms with Crippen LogP contribution in [0.5, 0.6) is 0 Å². The second-order valence-electron chi connectivity index (χ2n) is 6.87. The Labute approximate surface area is 137 Å². The number of benzene rings is 1. The van der Waals surface area contributed by atoms with Crippen molar-refractivity contribution in [2.24, 2.45) is 0 Å². The normalized spacial score (nSPS) is 15.1. The largest absolute Gasteiger partial charge is 0.462 e. The molecule has 5 heteroatoms. The smallest absolute Gasteiger partial charge is 0.410 e. The molecular formula is C18H25NO4. The molecule has 1 saturated heterocycles. The highest BCUT2D eigenvalue weighted by molar-refractivity contribution is 5.89. The summed E-state index contributed by atoms with van der Waals surface area (Å²) >= 11 is 0. The molecule has 1 heterocycles. The van der Waals surface area contributed by atoms with Crippen molar-refractivity contribution in [3.05, 3.63) is 34.9 Å². The van der Waals surface area contributed by atoms with Crippen LogP contribution < -0.4 is 0 Å². The molecule has 0 radical (unpaired) electrons. The van der Waals surface area contributed by atoms with E-state index in [1.165, 1.54) is 0 Å². The maximum Gasteiger partial charge on any atom is 0.410 e. The Bertz CT molecular complexity index is 598. The fraction of sp³-hybridized carbons (Fsp3) is 0.556. The van der Waals surface area contributed by atoms with Crippen LogP contribution in [-0.2, 0) is 9.47 Å². The molecule has 1 amide bonds. The Hall–Kier alpha value is -2.04. The highest BCUT2D eigenvalue weighted by Crippen LogP contribution is 2.31. The van der Waals surface area contributed by atoms with Crippen LogP contribution >= 0.6 is 0 Å². The Balaban J connectivity index is 2.03. The summed E-state index contributed by atoms with van der Waals surface area (Å²) in [4.78, 5) is 25.5. The number of carbonyl (C=O) groups excluding carboxylic acids is 2. The summed E-state index contributed by atoms with van der Waals surface area (Å²) in [7, 11) is 0. The number of esters is 1. The highest BCUT2D eigenvalue weighted by Gasteiger charge is 2.35. The number of hydrogen-bond acceptors (Lipinski definition) is 4. The lowest BCUT2D eigenvalue weighted by Gasteiger charge is -2.40. The average Bonchev–Trinajstić information content (AvgIpc) is 2.37. The molecule has 126 valence electrons. The first-order valence-corrected chi connectivity index (χ1v) is 7.97. The first kappa shape index (κ1) is 17.3. The van der Waals surface area contributed by atoms with Gasteiger partial charge in [0.1, 0.15) is 5.60 Å². The molecule has 5 nitrogen and oxygen atoms in total. The van der Waals surface area contributed by atoms with E-state index in [1.54, 1.807) is 17.9 Å². The molecule has 1 aromatic rings. The molecule has 0 bridgehead atoms. The van der Waals surface area contributed by atoms with Gasteiger partial charge in [0.15, 0.2) is 0 Å². The van der Waals surface area contributed by atoms with E-state index in [0.29, 0.717) is 25.3 Å². The molecule has 1 aromatic carbocycles. The molecule has 1 aliphatic heterocycles. The van der Waals surface area contributed by atoms with Gasteiger partial charge in [-0.25, -0.2) is 9.59 Å². The van der Waals surface area contributed by atoms with Crippen molar-refractivity contribution < 1.29 is 19.1 Å². The van der Waals surface area contributed by atoms with Crippen LogP contribution in [0.1, 0.15) is 55.1 Å². The topological polar surface area (TPSA) is 55.8 Å². The van der Waals surface area contributed by atoms with E-state index < -0.39 is 5.60 Å². The number of likely N-dealkylation sites (tertiary alicyclic amines) is 1. The average molecular weight is 319 g/mol. The molecule has 0 atom stereocenters. The Morgan fingerprint density at radius 3 is 2.48 bits per heavy atom. The summed E-state index contributed by atoms with van der Waals surface area (Å²) < 4.78 is 10.4. The zero-order valence-electron chi connectivity index (χ0n) is 14.5. The lowest BCUT2D eigenvalue weighted by atomic mass is 9.87. The van der Waals surface area contributed by atoms with Gasteiger partial charge >= 0.3 is 12.1 Å². The van der Waals surface area contributed by atoms with Gasteiger partial charge in [-0.1, -0.05) is 6.07 Å². The Kier molecular flexibility index (Phi) is 4.97. The predicted octanol–water partition coefficient (Wildman–Crippen LogP) is 3.51. The van der Waals surface area contributed by atoms with Gasteiger partial charge < -0.3 is 14.4 Å². The summed E-state index contributed by atoms with van der Waals surface area (Å²) in [5.74, 6) is -0.0750. The molecule has 23 heavy (non-hydrogen) atoms. The number of amides is 1. The monoisotopic (exact) mass is 319 g/mol. The maximum absolute atomic E-state index is 12.0. The van der Waals surface area contributed by atoms with Gasteiger partial charge in [0.25, 0.3) is 0 Å². The van der Waals surface area contributed by atoms with Gasteiger partial charge in [-0.2, -0.15) is 0 Å². The van der Waals surface area contributed by atoms with E-state index in [4.69, 9.17) is 9.47 Å². The van der Waals surface area contributed by atoms with E-state index in [0.717, 1.165) is 11.1 Å². The summed E-state index contributed by atoms with van der Waals surface area (Å²) in [6, 6.07) is 5.59. The zero-order valence-corrected chi connectivity index (χ0v) is 14.5. The van der Waals surface area contributed by atoms with Crippen LogP contribution in [0.15, 0.2) is 18.2 Å². The minimum absolute atomic E-state index is 0.233. The minimum Gasteiger partial charge on any atom is -0.462 e. The summed E-state index contributed by atoms with van der Waals surface area (Å²) in [5, 5.41) is 0. The fourth-order valence-corrected chi connectivity index (χ4v) is 2.57. The van der Waals surface area contributed by atoms with Gasteiger partial charge in [0.2, 0.25) is 0 Å². The van der Waals surface area contributed by atoms with Crippen LogP contribution in [0.4, 0.5) is 4.79 Å². The second-order valence-corrected chi connectivity index (χ2v) is 6.87. The Morgan fingerprint density at radius 1 is 1.26 bits per heavy atom. The third-order valence-corrected chi connectivity index (χ3v) is 3.76. The zero-order chi connectivity index (χ0) is 17.2. The van der Waals surface area contributed by atoms with E-state index in [2.05, 4.69) is 0 Å². The van der Waals surface area contributed by atoms with Crippen LogP contribution in [0.25, 0.3) is 0 Å². The van der Waals surface area contributed by atoms with E-state index in [9.17, 15) is 9.59 Å². The molecule has 0 unspecified atom stereocenters. The van der Waals surface area contributed by atoms with E-state index >= 15 is 0 Å². The number of carbonyl (C=O) groups is 2. The lowest BCUT2D eigenvalue weighted by Crippen LogP contribution is -2.50. The van der Waals surface area contributed by atoms with Crippen LogP contribution in [-0.4, -0.2) is 42.3 Å². The third kappa shape index (κ3) is 4.24. The molecule has 0 N–H and O–H groups in total. The van der Waals surface area contributed by atoms with Crippen LogP contribution in [0.3, 0.4) is 0 Å². The quantitative estimate of drug-likeness (QED) is 0.800. The fourth-order valence-electron chi connectivity index (χ4n) is 2.57. The summed E-state index contributed by atoms with van der Waals surface area (Å²) in [6.07, 6.45) is -0.284. The molecule has 0 spiro atoms. The molecular weight excluding hydrogens is 294 g/mol. The molecule has 0 saturated carbocycles. The predicted molar refractivity (Wildman–Crippen MR) is 87.7 cm³/mol. The van der Waals surface area contributed by atoms with Crippen molar-refractivity contribution in [1.29, 1.82) is 0 Å². The van der Waals surface area contributed by atoms with Crippen molar-refractivity contribution in [2.45, 2.75) is 46.1 Å². The van der Waals surface area contributed by atoms with Crippen molar-refractivity contribution in [1.82, 2.24) is 4.90 Å². The number of ether oxygens (including phenoxy) is 2. The number of hydrogen-bond donors (Lipinski definition) is 0. The van der Waals surface area contributed by atoms with Crippen LogP contribution in [0.2, 0.25) is 0 Å². The van der Waals surface area contributed by atoms with Gasteiger partial charge in [-0.05, 0) is 57.9 Å². The second kappa shape index (κ2) is 6.60. The SMILES string of the molecule is CCOC(=O)c1ccc(C)c(C2CN(C(=O)OC(C)(C)C)C2)c1. The molecule has 0 aromatic heterocycles. The summed E-state index contributed by atoms with van der Waals surface area (Å²) in [5.41, 5.74) is 2.28. The van der Waals surface area contributed by atoms with Crippen molar-refractivity contribution in [2.75, 3.05) is 19.7 Å². The first-order chi connectivity index (χ1) is 10.7. The number of rotatable bonds is 3. The summed E-state index contributed by atoms with van der Waals surface area (Å²) in [6.45, 7) is 11.0. The molecule has 1 aliphatic rings. The minimum atomic E-state index is -0.484. The van der Waals surface area contributed by atoms with Crippen molar-refractivity contribution >= 4 is 12.1 Å². The van der Waals surface area contributed by atoms with Gasteiger partial charge in [0, 0.05) is 19.0 Å². The Morgan fingerprint density at radius 2 is 1.91 bits per heavy atom. The van der Waals surface area contributed by atoms with Gasteiger partial charge in [0.05, 0.1) is 12.2 Å². The third-order valence-electron chi connectivity index (χ3n) is 3.76. The standard InChI is InChI=1S/C18H25NO4/c1-6-22-16(20)13-8-7-12(2)15(9-13)14-10-19(11-14)17(21)23-18(3,4)5/h7-9,14H,6,10-11H2,1-5H3. The molecule has 2 rings (SSSR count). The first-order valence-electron chi connectivity index (χ1n) is 7.97. The van der Waals surface area contributed by atoms with Crippen molar-refractivity contribution in [3.63, 3.8) is 0 Å². The highest BCUT2D eigenvalue weighted by atomic mass is 16.6. The van der Waals surface area contributed by atoms with Crippen molar-refractivity contribution in [3.8, 4) is 0 Å². The molecule has 0 aliphatic carbocycles. The van der Waals surface area contributed by atoms with Gasteiger partial charge in [-0.3, -0.25) is 0 Å². The van der Waals surface area contributed by atoms with Gasteiger partial charge in [-0.15, -0.1) is 0 Å². The number of nitrogens with zero attached hydrogens (tertiary/aromatic N) is 1. The maximum atomic E-state index is 12.0. The van der Waals surface area contributed by atoms with E-state index in [1.807, 2.05) is 39.8 Å². The molecule has 1 fully saturated rings. The van der Waals surface area contributed by atoms with E-state index in [-0.39, 0.29) is 18.0 Å².